The molecule has 2 heterocycles. The van der Waals surface area contributed by atoms with Gasteiger partial charge in [-0.05, 0) is 29.8 Å². The van der Waals surface area contributed by atoms with E-state index in [0.717, 1.165) is 5.56 Å². The minimum absolute atomic E-state index is 0.0366. The molecule has 0 saturated carbocycles. The monoisotopic (exact) mass is 447 g/mol. The second-order valence-electron chi connectivity index (χ2n) is 6.94. The predicted octanol–water partition coefficient (Wildman–Crippen LogP) is 0.759. The molecule has 0 unspecified atom stereocenters. The quantitative estimate of drug-likeness (QED) is 0.484. The Morgan fingerprint density at radius 3 is 2.71 bits per heavy atom. The van der Waals surface area contributed by atoms with Crippen molar-refractivity contribution >= 4 is 15.9 Å². The first-order chi connectivity index (χ1) is 14.9. The molecule has 1 aromatic heterocycles. The predicted molar refractivity (Wildman–Crippen MR) is 113 cm³/mol. The van der Waals surface area contributed by atoms with Crippen molar-refractivity contribution < 1.29 is 27.8 Å². The van der Waals surface area contributed by atoms with E-state index in [1.807, 2.05) is 0 Å². The number of methoxy groups -OCH3 is 1. The molecule has 1 aliphatic rings. The van der Waals surface area contributed by atoms with E-state index in [-0.39, 0.29) is 17.2 Å². The molecule has 9 nitrogen and oxygen atoms in total. The summed E-state index contributed by atoms with van der Waals surface area (Å²) in [6.45, 7) is -0.0467. The van der Waals surface area contributed by atoms with E-state index in [1.54, 1.807) is 48.8 Å². The fourth-order valence-corrected chi connectivity index (χ4v) is 4.34. The summed E-state index contributed by atoms with van der Waals surface area (Å²) < 4.78 is 38.7. The molecule has 0 radical (unpaired) electrons. The number of rotatable bonds is 9. The van der Waals surface area contributed by atoms with Crippen LogP contribution in [0.5, 0.6) is 5.75 Å². The number of nitrogens with zero attached hydrogens (tertiary/aromatic N) is 1. The van der Waals surface area contributed by atoms with Crippen LogP contribution in [0.2, 0.25) is 0 Å². The Morgan fingerprint density at radius 2 is 2.00 bits per heavy atom. The number of amides is 1. The van der Waals surface area contributed by atoms with Gasteiger partial charge in [-0.1, -0.05) is 18.2 Å². The van der Waals surface area contributed by atoms with Crippen LogP contribution in [-0.2, 0) is 26.1 Å². The number of aromatic nitrogens is 1. The summed E-state index contributed by atoms with van der Waals surface area (Å²) in [4.78, 5) is 16.2. The van der Waals surface area contributed by atoms with Gasteiger partial charge in [0, 0.05) is 25.0 Å². The van der Waals surface area contributed by atoms with Crippen molar-refractivity contribution in [1.82, 2.24) is 15.0 Å². The Labute approximate surface area is 181 Å². The Morgan fingerprint density at radius 1 is 1.23 bits per heavy atom. The van der Waals surface area contributed by atoms with E-state index in [4.69, 9.17) is 9.47 Å². The van der Waals surface area contributed by atoms with Crippen LogP contribution in [0.4, 0.5) is 0 Å². The van der Waals surface area contributed by atoms with Crippen LogP contribution in [0, 0.1) is 0 Å². The maximum Gasteiger partial charge on any atom is 0.241 e. The first-order valence-electron chi connectivity index (χ1n) is 9.68. The smallest absolute Gasteiger partial charge is 0.241 e. The molecule has 2 aromatic rings. The first kappa shape index (κ1) is 22.9. The third kappa shape index (κ3) is 6.34. The number of carbonyl (C=O) groups excluding carboxylic acids is 1. The molecule has 0 aliphatic carbocycles. The highest BCUT2D eigenvalue weighted by Gasteiger charge is 2.31. The number of carbonyl (C=O) groups is 1. The third-order valence-electron chi connectivity index (χ3n) is 4.73. The summed E-state index contributed by atoms with van der Waals surface area (Å²) in [6, 6.07) is 8.89. The van der Waals surface area contributed by atoms with Crippen LogP contribution >= 0.6 is 0 Å². The maximum atomic E-state index is 12.7. The van der Waals surface area contributed by atoms with Crippen molar-refractivity contribution in [1.29, 1.82) is 0 Å². The Bertz CT molecular complexity index is 1010. The molecule has 0 bridgehead atoms. The number of hydrogen-bond acceptors (Lipinski definition) is 7. The standard InChI is InChI=1S/C21H25N3O6S/c1-29-16-3-2-4-18(11-16)31(27,28)24-19-6-5-17(30-20(19)14-25)12-21(26)23-13-15-7-9-22-10-8-15/h2-11,17,19-20,24-25H,12-14H2,1H3,(H,23,26)/t17-,19-,20+/m1/s1. The normalized spacial score (nSPS) is 20.9. The van der Waals surface area contributed by atoms with Gasteiger partial charge in [0.2, 0.25) is 15.9 Å². The van der Waals surface area contributed by atoms with Crippen LogP contribution in [0.25, 0.3) is 0 Å². The fraction of sp³-hybridized carbons (Fsp3) is 0.333. The third-order valence-corrected chi connectivity index (χ3v) is 6.19. The van der Waals surface area contributed by atoms with Gasteiger partial charge in [0.05, 0.1) is 37.2 Å². The van der Waals surface area contributed by atoms with Gasteiger partial charge >= 0.3 is 0 Å². The molecule has 3 N–H and O–H groups in total. The van der Waals surface area contributed by atoms with Gasteiger partial charge in [-0.25, -0.2) is 13.1 Å². The molecule has 10 heteroatoms. The molecule has 3 atom stereocenters. The molecule has 166 valence electrons. The molecule has 1 aromatic carbocycles. The second kappa shape index (κ2) is 10.5. The molecule has 3 rings (SSSR count). The molecule has 1 amide bonds. The lowest BCUT2D eigenvalue weighted by Gasteiger charge is -2.31. The number of ether oxygens (including phenoxy) is 2. The van der Waals surface area contributed by atoms with Gasteiger partial charge in [-0.15, -0.1) is 0 Å². The van der Waals surface area contributed by atoms with Gasteiger partial charge in [0.15, 0.2) is 0 Å². The summed E-state index contributed by atoms with van der Waals surface area (Å²) in [6.07, 6.45) is 5.16. The number of aliphatic hydroxyl groups is 1. The molecule has 0 saturated heterocycles. The van der Waals surface area contributed by atoms with Gasteiger partial charge < -0.3 is 19.9 Å². The van der Waals surface area contributed by atoms with Crippen LogP contribution in [-0.4, -0.2) is 56.4 Å². The van der Waals surface area contributed by atoms with Crippen LogP contribution in [0.15, 0.2) is 65.8 Å². The molecule has 0 spiro atoms. The number of hydrogen-bond donors (Lipinski definition) is 3. The summed E-state index contributed by atoms with van der Waals surface area (Å²) in [5.74, 6) is 0.188. The number of nitrogens with one attached hydrogen (secondary N) is 2. The Kier molecular flexibility index (Phi) is 7.75. The second-order valence-corrected chi connectivity index (χ2v) is 8.66. The fourth-order valence-electron chi connectivity index (χ4n) is 3.08. The molecule has 1 aliphatic heterocycles. The van der Waals surface area contributed by atoms with Crippen molar-refractivity contribution in [3.05, 3.63) is 66.5 Å². The summed E-state index contributed by atoms with van der Waals surface area (Å²) in [5.41, 5.74) is 0.920. The maximum absolute atomic E-state index is 12.7. The van der Waals surface area contributed by atoms with Crippen molar-refractivity contribution in [3.63, 3.8) is 0 Å². The minimum atomic E-state index is -3.87. The highest BCUT2D eigenvalue weighted by atomic mass is 32.2. The minimum Gasteiger partial charge on any atom is -0.497 e. The van der Waals surface area contributed by atoms with Crippen LogP contribution in [0.1, 0.15) is 12.0 Å². The van der Waals surface area contributed by atoms with Crippen molar-refractivity contribution in [2.75, 3.05) is 13.7 Å². The van der Waals surface area contributed by atoms with Crippen LogP contribution in [0.3, 0.4) is 0 Å². The number of benzene rings is 1. The SMILES string of the molecule is COc1cccc(S(=O)(=O)N[C@@H]2C=C[C@H](CC(=O)NCc3ccncc3)O[C@H]2CO)c1. The Balaban J connectivity index is 1.60. The van der Waals surface area contributed by atoms with E-state index in [2.05, 4.69) is 15.0 Å². The molecule has 31 heavy (non-hydrogen) atoms. The number of sulfonamides is 1. The zero-order chi connectivity index (χ0) is 22.3. The number of pyridine rings is 1. The molecular weight excluding hydrogens is 422 g/mol. The van der Waals surface area contributed by atoms with E-state index < -0.39 is 34.9 Å². The number of aliphatic hydroxyl groups excluding tert-OH is 1. The lowest BCUT2D eigenvalue weighted by atomic mass is 10.1. The van der Waals surface area contributed by atoms with E-state index >= 15 is 0 Å². The highest BCUT2D eigenvalue weighted by molar-refractivity contribution is 7.89. The Hall–Kier alpha value is -2.79. The van der Waals surface area contributed by atoms with Gasteiger partial charge in [-0.2, -0.15) is 0 Å². The van der Waals surface area contributed by atoms with Gasteiger partial charge in [-0.3, -0.25) is 9.78 Å². The summed E-state index contributed by atoms with van der Waals surface area (Å²) in [7, 11) is -2.42. The van der Waals surface area contributed by atoms with Crippen molar-refractivity contribution in [2.45, 2.75) is 36.1 Å². The zero-order valence-electron chi connectivity index (χ0n) is 17.0. The van der Waals surface area contributed by atoms with Crippen molar-refractivity contribution in [2.24, 2.45) is 0 Å². The average Bonchev–Trinajstić information content (AvgIpc) is 2.79. The van der Waals surface area contributed by atoms with Gasteiger partial charge in [0.25, 0.3) is 0 Å². The first-order valence-corrected chi connectivity index (χ1v) is 11.2. The summed E-state index contributed by atoms with van der Waals surface area (Å²) >= 11 is 0. The zero-order valence-corrected chi connectivity index (χ0v) is 17.8. The molecular formula is C21H25N3O6S. The van der Waals surface area contributed by atoms with Crippen molar-refractivity contribution in [3.8, 4) is 5.75 Å². The van der Waals surface area contributed by atoms with Gasteiger partial charge in [0.1, 0.15) is 11.9 Å². The van der Waals surface area contributed by atoms with Crippen LogP contribution < -0.4 is 14.8 Å². The largest absolute Gasteiger partial charge is 0.497 e. The molecule has 0 fully saturated rings. The highest BCUT2D eigenvalue weighted by Crippen LogP contribution is 2.20. The lowest BCUT2D eigenvalue weighted by Crippen LogP contribution is -2.49. The van der Waals surface area contributed by atoms with E-state index in [9.17, 15) is 18.3 Å². The summed E-state index contributed by atoms with van der Waals surface area (Å²) in [5, 5.41) is 12.5. The topological polar surface area (TPSA) is 127 Å². The van der Waals surface area contributed by atoms with E-state index in [1.165, 1.54) is 19.2 Å². The lowest BCUT2D eigenvalue weighted by molar-refractivity contribution is -0.125. The van der Waals surface area contributed by atoms with E-state index in [0.29, 0.717) is 12.3 Å². The average molecular weight is 448 g/mol.